The maximum atomic E-state index is 3.70. The van der Waals surface area contributed by atoms with E-state index in [1.165, 1.54) is 41.5 Å². The van der Waals surface area contributed by atoms with Crippen molar-refractivity contribution in [1.29, 1.82) is 0 Å². The standard InChI is InChI=1S/C17H27BrN2/c1-13-4-5-15(18)10-16(13)17(2,3)12-20-11-14-6-8-19-9-7-14/h4-5,10,14,19-20H,6-9,11-12H2,1-3H3. The van der Waals surface area contributed by atoms with Crippen LogP contribution in [0.2, 0.25) is 0 Å². The van der Waals surface area contributed by atoms with Crippen molar-refractivity contribution in [3.05, 3.63) is 33.8 Å². The quantitative estimate of drug-likeness (QED) is 0.856. The topological polar surface area (TPSA) is 24.1 Å². The van der Waals surface area contributed by atoms with Gasteiger partial charge >= 0.3 is 0 Å². The lowest BCUT2D eigenvalue weighted by Gasteiger charge is -2.30. The maximum absolute atomic E-state index is 3.70. The van der Waals surface area contributed by atoms with Gasteiger partial charge in [0.1, 0.15) is 0 Å². The number of aryl methyl sites for hydroxylation is 1. The molecule has 0 saturated carbocycles. The second-order valence-electron chi connectivity index (χ2n) is 6.67. The normalized spacial score (nSPS) is 17.4. The molecular formula is C17H27BrN2. The molecule has 1 aliphatic rings. The fourth-order valence-corrected chi connectivity index (χ4v) is 3.45. The van der Waals surface area contributed by atoms with Gasteiger partial charge in [-0.2, -0.15) is 0 Å². The van der Waals surface area contributed by atoms with Crippen molar-refractivity contribution in [2.75, 3.05) is 26.2 Å². The van der Waals surface area contributed by atoms with E-state index in [0.717, 1.165) is 19.0 Å². The fourth-order valence-electron chi connectivity index (χ4n) is 3.09. The van der Waals surface area contributed by atoms with Gasteiger partial charge in [0.05, 0.1) is 0 Å². The minimum atomic E-state index is 0.167. The van der Waals surface area contributed by atoms with Crippen LogP contribution in [0.5, 0.6) is 0 Å². The Morgan fingerprint density at radius 2 is 2.00 bits per heavy atom. The van der Waals surface area contributed by atoms with Crippen LogP contribution in [-0.2, 0) is 5.41 Å². The van der Waals surface area contributed by atoms with Crippen LogP contribution in [0.4, 0.5) is 0 Å². The zero-order chi connectivity index (χ0) is 14.6. The Kier molecular flexibility index (Phi) is 5.65. The van der Waals surface area contributed by atoms with Crippen LogP contribution >= 0.6 is 15.9 Å². The zero-order valence-corrected chi connectivity index (χ0v) is 14.5. The number of nitrogens with one attached hydrogen (secondary N) is 2. The van der Waals surface area contributed by atoms with E-state index in [9.17, 15) is 0 Å². The molecule has 1 aromatic carbocycles. The molecule has 0 atom stereocenters. The molecule has 0 aliphatic carbocycles. The van der Waals surface area contributed by atoms with E-state index in [1.807, 2.05) is 0 Å². The minimum absolute atomic E-state index is 0.167. The molecule has 1 heterocycles. The molecule has 0 amide bonds. The Balaban J connectivity index is 1.91. The Morgan fingerprint density at radius 3 is 2.70 bits per heavy atom. The highest BCUT2D eigenvalue weighted by atomic mass is 79.9. The average Bonchev–Trinajstić information content (AvgIpc) is 2.42. The smallest absolute Gasteiger partial charge is 0.0178 e. The third kappa shape index (κ3) is 4.31. The molecule has 3 heteroatoms. The number of piperidine rings is 1. The summed E-state index contributed by atoms with van der Waals surface area (Å²) in [4.78, 5) is 0. The first-order valence-corrected chi connectivity index (χ1v) is 8.46. The van der Waals surface area contributed by atoms with Gasteiger partial charge in [-0.05, 0) is 68.6 Å². The number of benzene rings is 1. The summed E-state index contributed by atoms with van der Waals surface area (Å²) in [5.41, 5.74) is 2.98. The lowest BCUT2D eigenvalue weighted by Crippen LogP contribution is -2.39. The van der Waals surface area contributed by atoms with E-state index in [0.29, 0.717) is 0 Å². The molecule has 112 valence electrons. The maximum Gasteiger partial charge on any atom is 0.0178 e. The van der Waals surface area contributed by atoms with E-state index in [-0.39, 0.29) is 5.41 Å². The predicted molar refractivity (Wildman–Crippen MR) is 90.4 cm³/mol. The molecule has 0 unspecified atom stereocenters. The summed E-state index contributed by atoms with van der Waals surface area (Å²) in [5.74, 6) is 0.843. The number of halogens is 1. The first-order valence-electron chi connectivity index (χ1n) is 7.67. The highest BCUT2D eigenvalue weighted by Gasteiger charge is 2.23. The van der Waals surface area contributed by atoms with Crippen molar-refractivity contribution < 1.29 is 0 Å². The zero-order valence-electron chi connectivity index (χ0n) is 12.9. The van der Waals surface area contributed by atoms with Crippen LogP contribution < -0.4 is 10.6 Å². The van der Waals surface area contributed by atoms with Gasteiger partial charge in [-0.15, -0.1) is 0 Å². The predicted octanol–water partition coefficient (Wildman–Crippen LogP) is 3.62. The molecule has 2 nitrogen and oxygen atoms in total. The molecule has 1 aromatic rings. The first kappa shape index (κ1) is 16.0. The molecule has 2 rings (SSSR count). The van der Waals surface area contributed by atoms with Gasteiger partial charge in [0.15, 0.2) is 0 Å². The summed E-state index contributed by atoms with van der Waals surface area (Å²) >= 11 is 3.59. The molecule has 1 aliphatic heterocycles. The lowest BCUT2D eigenvalue weighted by atomic mass is 9.82. The molecule has 1 fully saturated rings. The fraction of sp³-hybridized carbons (Fsp3) is 0.647. The average molecular weight is 339 g/mol. The molecule has 0 spiro atoms. The second-order valence-corrected chi connectivity index (χ2v) is 7.58. The monoisotopic (exact) mass is 338 g/mol. The Hall–Kier alpha value is -0.380. The van der Waals surface area contributed by atoms with Gasteiger partial charge in [0.2, 0.25) is 0 Å². The SMILES string of the molecule is Cc1ccc(Br)cc1C(C)(C)CNCC1CCNCC1. The molecule has 1 saturated heterocycles. The van der Waals surface area contributed by atoms with Crippen LogP contribution in [0.25, 0.3) is 0 Å². The molecule has 0 aromatic heterocycles. The molecular weight excluding hydrogens is 312 g/mol. The van der Waals surface area contributed by atoms with Crippen LogP contribution in [0.1, 0.15) is 37.8 Å². The van der Waals surface area contributed by atoms with Crippen LogP contribution in [0.3, 0.4) is 0 Å². The highest BCUT2D eigenvalue weighted by molar-refractivity contribution is 9.10. The summed E-state index contributed by atoms with van der Waals surface area (Å²) < 4.78 is 1.17. The second kappa shape index (κ2) is 7.06. The molecule has 20 heavy (non-hydrogen) atoms. The van der Waals surface area contributed by atoms with E-state index < -0.39 is 0 Å². The summed E-state index contributed by atoms with van der Waals surface area (Å²) in [6.07, 6.45) is 2.62. The van der Waals surface area contributed by atoms with Crippen molar-refractivity contribution in [2.45, 2.75) is 39.0 Å². The summed E-state index contributed by atoms with van der Waals surface area (Å²) in [5, 5.41) is 7.13. The van der Waals surface area contributed by atoms with E-state index in [4.69, 9.17) is 0 Å². The third-order valence-electron chi connectivity index (χ3n) is 4.39. The Bertz CT molecular complexity index is 437. The summed E-state index contributed by atoms with van der Waals surface area (Å²) in [6.45, 7) is 11.4. The Labute approximate surface area is 131 Å². The van der Waals surface area contributed by atoms with E-state index in [2.05, 4.69) is 65.5 Å². The lowest BCUT2D eigenvalue weighted by molar-refractivity contribution is 0.342. The van der Waals surface area contributed by atoms with Crippen molar-refractivity contribution >= 4 is 15.9 Å². The third-order valence-corrected chi connectivity index (χ3v) is 4.88. The van der Waals surface area contributed by atoms with Crippen LogP contribution in [0, 0.1) is 12.8 Å². The van der Waals surface area contributed by atoms with Crippen LogP contribution in [-0.4, -0.2) is 26.2 Å². The number of rotatable bonds is 5. The number of hydrogen-bond acceptors (Lipinski definition) is 2. The van der Waals surface area contributed by atoms with Crippen molar-refractivity contribution in [3.8, 4) is 0 Å². The molecule has 0 radical (unpaired) electrons. The van der Waals surface area contributed by atoms with Gasteiger partial charge in [-0.25, -0.2) is 0 Å². The van der Waals surface area contributed by atoms with Gasteiger partial charge in [0.25, 0.3) is 0 Å². The number of hydrogen-bond donors (Lipinski definition) is 2. The summed E-state index contributed by atoms with van der Waals surface area (Å²) in [7, 11) is 0. The van der Waals surface area contributed by atoms with Gasteiger partial charge in [-0.1, -0.05) is 35.8 Å². The van der Waals surface area contributed by atoms with Crippen LogP contribution in [0.15, 0.2) is 22.7 Å². The van der Waals surface area contributed by atoms with Gasteiger partial charge in [0, 0.05) is 16.4 Å². The molecule has 2 N–H and O–H groups in total. The van der Waals surface area contributed by atoms with Crippen molar-refractivity contribution in [3.63, 3.8) is 0 Å². The Morgan fingerprint density at radius 1 is 1.30 bits per heavy atom. The highest BCUT2D eigenvalue weighted by Crippen LogP contribution is 2.28. The summed E-state index contributed by atoms with van der Waals surface area (Å²) in [6, 6.07) is 6.59. The molecule has 0 bridgehead atoms. The van der Waals surface area contributed by atoms with E-state index >= 15 is 0 Å². The first-order chi connectivity index (χ1) is 9.49. The largest absolute Gasteiger partial charge is 0.317 e. The van der Waals surface area contributed by atoms with Crippen molar-refractivity contribution in [1.82, 2.24) is 10.6 Å². The van der Waals surface area contributed by atoms with Crippen molar-refractivity contribution in [2.24, 2.45) is 5.92 Å². The van der Waals surface area contributed by atoms with Gasteiger partial charge in [-0.3, -0.25) is 0 Å². The van der Waals surface area contributed by atoms with Gasteiger partial charge < -0.3 is 10.6 Å². The minimum Gasteiger partial charge on any atom is -0.317 e. The van der Waals surface area contributed by atoms with E-state index in [1.54, 1.807) is 0 Å².